The molecule has 0 atom stereocenters. The number of aryl methyl sites for hydroxylation is 2. The zero-order valence-electron chi connectivity index (χ0n) is 12.6. The molecule has 0 aliphatic carbocycles. The molecule has 0 radical (unpaired) electrons. The van der Waals surface area contributed by atoms with E-state index in [1.165, 1.54) is 30.4 Å². The molecular weight excluding hydrogens is 218 g/mol. The van der Waals surface area contributed by atoms with E-state index in [0.29, 0.717) is 5.41 Å². The number of hydrogen-bond donors (Lipinski definition) is 1. The molecule has 18 heavy (non-hydrogen) atoms. The molecule has 0 amide bonds. The van der Waals surface area contributed by atoms with E-state index in [9.17, 15) is 0 Å². The number of benzene rings is 1. The Kier molecular flexibility index (Phi) is 6.42. The standard InChI is InChI=1S/C17H29N/c1-5-13-18-14-17(3,4)12-11-16-9-7-15(6-2)8-10-16/h7-10,18H,5-6,11-14H2,1-4H3. The van der Waals surface area contributed by atoms with Crippen molar-refractivity contribution in [1.29, 1.82) is 0 Å². The van der Waals surface area contributed by atoms with Crippen LogP contribution in [0, 0.1) is 5.41 Å². The predicted molar refractivity (Wildman–Crippen MR) is 81.1 cm³/mol. The van der Waals surface area contributed by atoms with E-state index in [0.717, 1.165) is 19.5 Å². The fraction of sp³-hybridized carbons (Fsp3) is 0.647. The molecule has 1 nitrogen and oxygen atoms in total. The Morgan fingerprint density at radius 2 is 1.61 bits per heavy atom. The van der Waals surface area contributed by atoms with Gasteiger partial charge in [0.25, 0.3) is 0 Å². The number of rotatable bonds is 8. The Bertz CT molecular complexity index is 324. The van der Waals surface area contributed by atoms with Gasteiger partial charge in [0.05, 0.1) is 0 Å². The zero-order valence-corrected chi connectivity index (χ0v) is 12.6. The van der Waals surface area contributed by atoms with Gasteiger partial charge in [0.2, 0.25) is 0 Å². The van der Waals surface area contributed by atoms with Crippen LogP contribution >= 0.6 is 0 Å². The van der Waals surface area contributed by atoms with Gasteiger partial charge in [-0.3, -0.25) is 0 Å². The number of hydrogen-bond acceptors (Lipinski definition) is 1. The first kappa shape index (κ1) is 15.2. The van der Waals surface area contributed by atoms with Crippen LogP contribution in [0.4, 0.5) is 0 Å². The van der Waals surface area contributed by atoms with Crippen molar-refractivity contribution in [1.82, 2.24) is 5.32 Å². The van der Waals surface area contributed by atoms with Crippen LogP contribution in [-0.2, 0) is 12.8 Å². The highest BCUT2D eigenvalue weighted by Crippen LogP contribution is 2.22. The highest BCUT2D eigenvalue weighted by molar-refractivity contribution is 5.22. The molecule has 0 spiro atoms. The summed E-state index contributed by atoms with van der Waals surface area (Å²) in [5.74, 6) is 0. The maximum absolute atomic E-state index is 3.53. The lowest BCUT2D eigenvalue weighted by atomic mass is 9.86. The van der Waals surface area contributed by atoms with Gasteiger partial charge in [-0.2, -0.15) is 0 Å². The summed E-state index contributed by atoms with van der Waals surface area (Å²) >= 11 is 0. The first-order valence-electron chi connectivity index (χ1n) is 7.36. The molecule has 1 aromatic rings. The molecule has 1 N–H and O–H groups in total. The van der Waals surface area contributed by atoms with E-state index in [-0.39, 0.29) is 0 Å². The lowest BCUT2D eigenvalue weighted by Gasteiger charge is -2.25. The van der Waals surface area contributed by atoms with E-state index in [4.69, 9.17) is 0 Å². The fourth-order valence-corrected chi connectivity index (χ4v) is 2.12. The second-order valence-corrected chi connectivity index (χ2v) is 6.01. The van der Waals surface area contributed by atoms with Crippen LogP contribution in [0.25, 0.3) is 0 Å². The lowest BCUT2D eigenvalue weighted by Crippen LogP contribution is -2.30. The molecule has 1 heteroatoms. The first-order valence-corrected chi connectivity index (χ1v) is 7.36. The summed E-state index contributed by atoms with van der Waals surface area (Å²) in [6.45, 7) is 11.4. The van der Waals surface area contributed by atoms with Crippen LogP contribution in [0.1, 0.15) is 51.7 Å². The van der Waals surface area contributed by atoms with Crippen molar-refractivity contribution in [2.24, 2.45) is 5.41 Å². The third-order valence-corrected chi connectivity index (χ3v) is 3.55. The molecule has 0 heterocycles. The Hall–Kier alpha value is -0.820. The predicted octanol–water partition coefficient (Wildman–Crippen LogP) is 4.21. The van der Waals surface area contributed by atoms with Crippen molar-refractivity contribution in [3.63, 3.8) is 0 Å². The summed E-state index contributed by atoms with van der Waals surface area (Å²) in [6.07, 6.45) is 4.78. The molecule has 0 saturated heterocycles. The smallest absolute Gasteiger partial charge is 0.000263 e. The van der Waals surface area contributed by atoms with Crippen LogP contribution in [0.3, 0.4) is 0 Å². The van der Waals surface area contributed by atoms with Crippen LogP contribution in [-0.4, -0.2) is 13.1 Å². The topological polar surface area (TPSA) is 12.0 Å². The minimum Gasteiger partial charge on any atom is -0.316 e. The highest BCUT2D eigenvalue weighted by Gasteiger charge is 2.16. The summed E-state index contributed by atoms with van der Waals surface area (Å²) < 4.78 is 0. The van der Waals surface area contributed by atoms with Gasteiger partial charge in [-0.15, -0.1) is 0 Å². The van der Waals surface area contributed by atoms with Gasteiger partial charge in [0.15, 0.2) is 0 Å². The third kappa shape index (κ3) is 5.68. The van der Waals surface area contributed by atoms with Crippen molar-refractivity contribution in [2.45, 2.75) is 53.4 Å². The van der Waals surface area contributed by atoms with Crippen LogP contribution in [0.15, 0.2) is 24.3 Å². The average Bonchev–Trinajstić information content (AvgIpc) is 2.37. The Labute approximate surface area is 113 Å². The van der Waals surface area contributed by atoms with E-state index in [1.54, 1.807) is 0 Å². The van der Waals surface area contributed by atoms with Crippen LogP contribution in [0.5, 0.6) is 0 Å². The second-order valence-electron chi connectivity index (χ2n) is 6.01. The van der Waals surface area contributed by atoms with Gasteiger partial charge < -0.3 is 5.32 Å². The molecule has 0 fully saturated rings. The molecule has 1 aromatic carbocycles. The summed E-state index contributed by atoms with van der Waals surface area (Å²) in [7, 11) is 0. The maximum atomic E-state index is 3.53. The summed E-state index contributed by atoms with van der Waals surface area (Å²) in [4.78, 5) is 0. The van der Waals surface area contributed by atoms with E-state index < -0.39 is 0 Å². The molecule has 0 aromatic heterocycles. The molecule has 0 bridgehead atoms. The normalized spacial score (nSPS) is 11.8. The maximum Gasteiger partial charge on any atom is 0.000263 e. The van der Waals surface area contributed by atoms with Gasteiger partial charge >= 0.3 is 0 Å². The zero-order chi connectivity index (χ0) is 13.4. The molecule has 102 valence electrons. The molecule has 0 aliphatic heterocycles. The fourth-order valence-electron chi connectivity index (χ4n) is 2.12. The molecule has 0 aliphatic rings. The molecule has 0 saturated carbocycles. The molecule has 0 unspecified atom stereocenters. The quantitative estimate of drug-likeness (QED) is 0.679. The van der Waals surface area contributed by atoms with Crippen LogP contribution < -0.4 is 5.32 Å². The molecule has 1 rings (SSSR count). The summed E-state index contributed by atoms with van der Waals surface area (Å²) in [6, 6.07) is 9.10. The van der Waals surface area contributed by atoms with Gasteiger partial charge in [-0.05, 0) is 48.8 Å². The summed E-state index contributed by atoms with van der Waals surface area (Å²) in [5, 5.41) is 3.53. The molecular formula is C17H29N. The third-order valence-electron chi connectivity index (χ3n) is 3.55. The minimum atomic E-state index is 0.387. The van der Waals surface area contributed by atoms with Crippen molar-refractivity contribution in [2.75, 3.05) is 13.1 Å². The van der Waals surface area contributed by atoms with Crippen molar-refractivity contribution in [3.05, 3.63) is 35.4 Å². The first-order chi connectivity index (χ1) is 8.57. The van der Waals surface area contributed by atoms with Gasteiger partial charge in [0.1, 0.15) is 0 Å². The largest absolute Gasteiger partial charge is 0.316 e. The van der Waals surface area contributed by atoms with Gasteiger partial charge in [0, 0.05) is 6.54 Å². The van der Waals surface area contributed by atoms with E-state index >= 15 is 0 Å². The minimum absolute atomic E-state index is 0.387. The highest BCUT2D eigenvalue weighted by atomic mass is 14.9. The Balaban J connectivity index is 2.37. The lowest BCUT2D eigenvalue weighted by molar-refractivity contribution is 0.315. The number of nitrogens with one attached hydrogen (secondary N) is 1. The Morgan fingerprint density at radius 3 is 2.17 bits per heavy atom. The monoisotopic (exact) mass is 247 g/mol. The Morgan fingerprint density at radius 1 is 1.00 bits per heavy atom. The van der Waals surface area contributed by atoms with Gasteiger partial charge in [-0.1, -0.05) is 52.0 Å². The van der Waals surface area contributed by atoms with Crippen molar-refractivity contribution in [3.8, 4) is 0 Å². The van der Waals surface area contributed by atoms with E-state index in [1.807, 2.05) is 0 Å². The van der Waals surface area contributed by atoms with Gasteiger partial charge in [-0.25, -0.2) is 0 Å². The second kappa shape index (κ2) is 7.58. The van der Waals surface area contributed by atoms with Crippen molar-refractivity contribution < 1.29 is 0 Å². The average molecular weight is 247 g/mol. The summed E-state index contributed by atoms with van der Waals surface area (Å²) in [5.41, 5.74) is 3.29. The van der Waals surface area contributed by atoms with Crippen LogP contribution in [0.2, 0.25) is 0 Å². The van der Waals surface area contributed by atoms with E-state index in [2.05, 4.69) is 57.3 Å². The van der Waals surface area contributed by atoms with Crippen molar-refractivity contribution >= 4 is 0 Å². The SMILES string of the molecule is CCCNCC(C)(C)CCc1ccc(CC)cc1.